The molecule has 0 saturated heterocycles. The predicted molar refractivity (Wildman–Crippen MR) is 72.1 cm³/mol. The molecule has 0 fully saturated rings. The van der Waals surface area contributed by atoms with Crippen LogP contribution in [-0.4, -0.2) is 23.6 Å². The molecule has 0 radical (unpaired) electrons. The Bertz CT molecular complexity index is 803. The van der Waals surface area contributed by atoms with Crippen molar-refractivity contribution in [3.63, 3.8) is 0 Å². The zero-order valence-electron chi connectivity index (χ0n) is 10.9. The number of aromatic nitrogens is 1. The fourth-order valence-corrected chi connectivity index (χ4v) is 1.99. The molecule has 21 heavy (non-hydrogen) atoms. The van der Waals surface area contributed by atoms with Gasteiger partial charge < -0.3 is 10.5 Å². The van der Waals surface area contributed by atoms with Gasteiger partial charge in [-0.3, -0.25) is 4.79 Å². The standard InChI is InChI=1S/C14H9F2N3O2/c1-21-6-4-7-12(19-14(7)18-5-6)13(20)10-8(15)2-3-9(17)11(10)16/h2-5H,17H2,1H3. The van der Waals surface area contributed by atoms with Crippen molar-refractivity contribution < 1.29 is 18.3 Å². The second-order valence-electron chi connectivity index (χ2n) is 4.36. The number of Topliss-reactive ketones (excluding diaryl/α,β-unsaturated/α-hetero) is 1. The molecule has 0 amide bonds. The molecule has 106 valence electrons. The normalized spacial score (nSPS) is 12.2. The van der Waals surface area contributed by atoms with E-state index in [1.165, 1.54) is 19.4 Å². The molecule has 2 aromatic rings. The summed E-state index contributed by atoms with van der Waals surface area (Å²) in [5, 5.41) is 0. The fourth-order valence-electron chi connectivity index (χ4n) is 1.99. The smallest absolute Gasteiger partial charge is 0.218 e. The molecule has 1 aromatic heterocycles. The fraction of sp³-hybridized carbons (Fsp3) is 0.0714. The Hall–Kier alpha value is -2.83. The number of nitrogen functional groups attached to an aromatic ring is 1. The lowest BCUT2D eigenvalue weighted by molar-refractivity contribution is 0.105. The minimum Gasteiger partial charge on any atom is -0.495 e. The Kier molecular flexibility index (Phi) is 2.90. The first-order valence-electron chi connectivity index (χ1n) is 5.94. The summed E-state index contributed by atoms with van der Waals surface area (Å²) in [5.74, 6) is -2.21. The number of fused-ring (bicyclic) bond motifs is 1. The van der Waals surface area contributed by atoms with Crippen LogP contribution >= 0.6 is 0 Å². The van der Waals surface area contributed by atoms with Crippen LogP contribution < -0.4 is 10.5 Å². The third-order valence-corrected chi connectivity index (χ3v) is 3.11. The zero-order valence-corrected chi connectivity index (χ0v) is 10.9. The Labute approximate surface area is 118 Å². The number of methoxy groups -OCH3 is 1. The quantitative estimate of drug-likeness (QED) is 0.694. The van der Waals surface area contributed by atoms with Crippen LogP contribution in [0.2, 0.25) is 0 Å². The first-order valence-corrected chi connectivity index (χ1v) is 5.94. The molecule has 0 bridgehead atoms. The number of nitrogens with zero attached hydrogens (tertiary/aromatic N) is 2. The average molecular weight is 289 g/mol. The van der Waals surface area contributed by atoms with E-state index in [9.17, 15) is 13.6 Å². The van der Waals surface area contributed by atoms with E-state index in [1.54, 1.807) is 0 Å². The maximum atomic E-state index is 13.9. The molecule has 1 aliphatic rings. The maximum absolute atomic E-state index is 13.9. The number of pyridine rings is 1. The second-order valence-corrected chi connectivity index (χ2v) is 4.36. The topological polar surface area (TPSA) is 77.6 Å². The van der Waals surface area contributed by atoms with E-state index in [2.05, 4.69) is 9.98 Å². The van der Waals surface area contributed by atoms with E-state index in [4.69, 9.17) is 10.5 Å². The first kappa shape index (κ1) is 13.2. The number of halogens is 2. The molecule has 0 saturated carbocycles. The van der Waals surface area contributed by atoms with Crippen molar-refractivity contribution in [3.8, 4) is 5.75 Å². The number of aliphatic imine (C=N–C) groups is 1. The lowest BCUT2D eigenvalue weighted by atomic mass is 9.96. The van der Waals surface area contributed by atoms with Crippen molar-refractivity contribution in [2.45, 2.75) is 0 Å². The van der Waals surface area contributed by atoms with E-state index >= 15 is 0 Å². The van der Waals surface area contributed by atoms with Crippen molar-refractivity contribution in [1.29, 1.82) is 0 Å². The number of nitrogens with two attached hydrogens (primary N) is 1. The number of ether oxygens (including phenoxy) is 1. The lowest BCUT2D eigenvalue weighted by Crippen LogP contribution is -2.24. The molecule has 0 spiro atoms. The van der Waals surface area contributed by atoms with Gasteiger partial charge in [0.25, 0.3) is 0 Å². The molecule has 2 N–H and O–H groups in total. The van der Waals surface area contributed by atoms with Crippen LogP contribution in [0.25, 0.3) is 0 Å². The summed E-state index contributed by atoms with van der Waals surface area (Å²) >= 11 is 0. The summed E-state index contributed by atoms with van der Waals surface area (Å²) in [4.78, 5) is 20.1. The van der Waals surface area contributed by atoms with Crippen LogP contribution in [0.15, 0.2) is 29.4 Å². The summed E-state index contributed by atoms with van der Waals surface area (Å²) in [7, 11) is 1.44. The highest BCUT2D eigenvalue weighted by Gasteiger charge is 2.31. The summed E-state index contributed by atoms with van der Waals surface area (Å²) in [6, 6.07) is 3.53. The number of benzene rings is 1. The van der Waals surface area contributed by atoms with Gasteiger partial charge in [-0.25, -0.2) is 18.8 Å². The second kappa shape index (κ2) is 4.62. The number of ketones is 1. The Morgan fingerprint density at radius 3 is 2.81 bits per heavy atom. The highest BCUT2D eigenvalue weighted by Crippen LogP contribution is 2.32. The maximum Gasteiger partial charge on any atom is 0.218 e. The minimum atomic E-state index is -1.09. The number of hydrogen-bond donors (Lipinski definition) is 1. The number of carbonyl (C=O) groups is 1. The molecule has 1 aromatic carbocycles. The van der Waals surface area contributed by atoms with Gasteiger partial charge >= 0.3 is 0 Å². The lowest BCUT2D eigenvalue weighted by Gasteiger charge is -2.17. The highest BCUT2D eigenvalue weighted by atomic mass is 19.1. The minimum absolute atomic E-state index is 0.0696. The van der Waals surface area contributed by atoms with Gasteiger partial charge in [0, 0.05) is 0 Å². The zero-order chi connectivity index (χ0) is 15.1. The molecule has 0 aliphatic carbocycles. The van der Waals surface area contributed by atoms with Gasteiger partial charge in [0.15, 0.2) is 11.6 Å². The average Bonchev–Trinajstić information content (AvgIpc) is 2.45. The summed E-state index contributed by atoms with van der Waals surface area (Å²) in [5.41, 5.74) is 4.66. The van der Waals surface area contributed by atoms with Gasteiger partial charge in [-0.1, -0.05) is 0 Å². The van der Waals surface area contributed by atoms with Gasteiger partial charge in [0.1, 0.15) is 17.3 Å². The molecular formula is C14H9F2N3O2. The monoisotopic (exact) mass is 289 g/mol. The molecule has 1 aliphatic heterocycles. The van der Waals surface area contributed by atoms with Crippen LogP contribution in [-0.2, 0) is 0 Å². The first-order chi connectivity index (χ1) is 10.0. The Morgan fingerprint density at radius 1 is 1.33 bits per heavy atom. The summed E-state index contributed by atoms with van der Waals surface area (Å²) in [6.07, 6.45) is 1.44. The van der Waals surface area contributed by atoms with Gasteiger partial charge in [-0.05, 0) is 18.2 Å². The van der Waals surface area contributed by atoms with Crippen LogP contribution in [0, 0.1) is 11.6 Å². The predicted octanol–water partition coefficient (Wildman–Crippen LogP) is 2.27. The molecule has 0 unspecified atom stereocenters. The molecule has 7 heteroatoms. The van der Waals surface area contributed by atoms with Crippen molar-refractivity contribution in [1.82, 2.24) is 4.98 Å². The van der Waals surface area contributed by atoms with Crippen molar-refractivity contribution in [3.05, 3.63) is 47.2 Å². The molecule has 5 nitrogen and oxygen atoms in total. The summed E-state index contributed by atoms with van der Waals surface area (Å²) in [6.45, 7) is 0. The van der Waals surface area contributed by atoms with Crippen LogP contribution in [0.5, 0.6) is 5.75 Å². The van der Waals surface area contributed by atoms with Gasteiger partial charge in [-0.15, -0.1) is 0 Å². The molecule has 0 atom stereocenters. The van der Waals surface area contributed by atoms with E-state index in [0.29, 0.717) is 17.1 Å². The third-order valence-electron chi connectivity index (χ3n) is 3.11. The van der Waals surface area contributed by atoms with Crippen molar-refractivity contribution in [2.24, 2.45) is 4.99 Å². The summed E-state index contributed by atoms with van der Waals surface area (Å²) < 4.78 is 32.6. The number of carbonyl (C=O) groups excluding carboxylic acids is 1. The Morgan fingerprint density at radius 2 is 2.10 bits per heavy atom. The highest BCUT2D eigenvalue weighted by molar-refractivity contribution is 6.55. The van der Waals surface area contributed by atoms with Gasteiger partial charge in [0.2, 0.25) is 5.78 Å². The van der Waals surface area contributed by atoms with E-state index < -0.39 is 23.0 Å². The molecule has 3 rings (SSSR count). The largest absolute Gasteiger partial charge is 0.495 e. The number of rotatable bonds is 3. The van der Waals surface area contributed by atoms with Crippen molar-refractivity contribution in [2.75, 3.05) is 12.8 Å². The number of anilines is 1. The van der Waals surface area contributed by atoms with E-state index in [0.717, 1.165) is 12.1 Å². The van der Waals surface area contributed by atoms with Gasteiger partial charge in [0.05, 0.1) is 30.1 Å². The third kappa shape index (κ3) is 1.94. The number of hydrogen-bond acceptors (Lipinski definition) is 5. The Balaban J connectivity index is 2.04. The van der Waals surface area contributed by atoms with Gasteiger partial charge in [-0.2, -0.15) is 0 Å². The molecular weight excluding hydrogens is 280 g/mol. The molecule has 2 heterocycles. The van der Waals surface area contributed by atoms with E-state index in [-0.39, 0.29) is 11.4 Å². The van der Waals surface area contributed by atoms with Crippen LogP contribution in [0.3, 0.4) is 0 Å². The van der Waals surface area contributed by atoms with E-state index in [1.807, 2.05) is 0 Å². The van der Waals surface area contributed by atoms with Crippen LogP contribution in [0.4, 0.5) is 20.3 Å². The SMILES string of the molecule is COc1cnc2c(c1)C(C(=O)c1c(F)ccc(N)c1F)=N2. The van der Waals surface area contributed by atoms with Crippen LogP contribution in [0.1, 0.15) is 15.9 Å². The van der Waals surface area contributed by atoms with Crippen molar-refractivity contribution >= 4 is 23.0 Å².